The summed E-state index contributed by atoms with van der Waals surface area (Å²) in [6.07, 6.45) is 2.11. The molecule has 4 heterocycles. The van der Waals surface area contributed by atoms with Crippen LogP contribution < -0.4 is 10.1 Å². The molecule has 5 rings (SSSR count). The summed E-state index contributed by atoms with van der Waals surface area (Å²) < 4.78 is 47.5. The van der Waals surface area contributed by atoms with Gasteiger partial charge in [-0.1, -0.05) is 6.07 Å². The summed E-state index contributed by atoms with van der Waals surface area (Å²) in [4.78, 5) is 42.5. The monoisotopic (exact) mass is 576 g/mol. The van der Waals surface area contributed by atoms with E-state index in [-0.39, 0.29) is 35.7 Å². The van der Waals surface area contributed by atoms with E-state index in [1.54, 1.807) is 15.9 Å². The molecule has 3 saturated heterocycles. The van der Waals surface area contributed by atoms with Crippen LogP contribution >= 0.6 is 0 Å². The van der Waals surface area contributed by atoms with Gasteiger partial charge in [0, 0.05) is 63.0 Å². The molecule has 0 radical (unpaired) electrons. The minimum absolute atomic E-state index is 0.0793. The number of likely N-dealkylation sites (tertiary alicyclic amines) is 3. The maximum Gasteiger partial charge on any atom is 0.416 e. The number of hydrogen-bond acceptors (Lipinski definition) is 6. The molecule has 3 aliphatic rings. The number of carbonyl (C=O) groups excluding carboxylic acids is 3. The summed E-state index contributed by atoms with van der Waals surface area (Å²) in [5.74, 6) is -0.112. The third-order valence-electron chi connectivity index (χ3n) is 8.36. The van der Waals surface area contributed by atoms with Gasteiger partial charge in [-0.15, -0.1) is 5.10 Å². The Kier molecular flexibility index (Phi) is 8.25. The van der Waals surface area contributed by atoms with E-state index in [0.717, 1.165) is 44.4 Å². The zero-order chi connectivity index (χ0) is 29.2. The Labute approximate surface area is 236 Å². The van der Waals surface area contributed by atoms with Gasteiger partial charge in [-0.2, -0.15) is 17.9 Å². The molecule has 1 aromatic heterocycles. The molecule has 0 unspecified atom stereocenters. The highest BCUT2D eigenvalue weighted by Crippen LogP contribution is 2.41. The third-order valence-corrected chi connectivity index (χ3v) is 8.36. The van der Waals surface area contributed by atoms with Gasteiger partial charge in [-0.05, 0) is 57.2 Å². The standard InChI is InChI=1S/C28H35F3N6O4/c1-20(38)32-24-7-14-37(33-24)26(40)35-15-9-27(10-16-35)8-4-13-36(27)18-21-5-6-22(28(29,30)31)17-23(21)41-19-25(39)34-11-2-3-12-34/h5-7,14,17H,2-4,8-13,15-16,18-19H2,1H3,(H,32,33,38). The summed E-state index contributed by atoms with van der Waals surface area (Å²) >= 11 is 0. The van der Waals surface area contributed by atoms with Crippen molar-refractivity contribution < 1.29 is 32.3 Å². The smallest absolute Gasteiger partial charge is 0.416 e. The van der Waals surface area contributed by atoms with Crippen molar-refractivity contribution in [1.29, 1.82) is 0 Å². The molecule has 1 spiro atoms. The van der Waals surface area contributed by atoms with E-state index < -0.39 is 11.7 Å². The first-order valence-corrected chi connectivity index (χ1v) is 14.0. The largest absolute Gasteiger partial charge is 0.483 e. The molecule has 0 atom stereocenters. The maximum absolute atomic E-state index is 13.5. The van der Waals surface area contributed by atoms with Crippen molar-refractivity contribution in [2.75, 3.05) is 44.6 Å². The van der Waals surface area contributed by atoms with E-state index in [1.807, 2.05) is 0 Å². The van der Waals surface area contributed by atoms with Crippen molar-refractivity contribution in [3.8, 4) is 5.75 Å². The molecule has 222 valence electrons. The second-order valence-electron chi connectivity index (χ2n) is 11.0. The van der Waals surface area contributed by atoms with Crippen molar-refractivity contribution >= 4 is 23.7 Å². The van der Waals surface area contributed by atoms with E-state index in [9.17, 15) is 27.6 Å². The highest BCUT2D eigenvalue weighted by Gasteiger charge is 2.44. The second-order valence-corrected chi connectivity index (χ2v) is 11.0. The lowest BCUT2D eigenvalue weighted by molar-refractivity contribution is -0.137. The lowest BCUT2D eigenvalue weighted by Crippen LogP contribution is -2.53. The molecule has 3 amide bonds. The van der Waals surface area contributed by atoms with Crippen molar-refractivity contribution in [3.63, 3.8) is 0 Å². The Bertz CT molecular complexity index is 1280. The van der Waals surface area contributed by atoms with E-state index in [0.29, 0.717) is 56.9 Å². The number of rotatable bonds is 6. The Morgan fingerprint density at radius 2 is 1.71 bits per heavy atom. The average Bonchev–Trinajstić information content (AvgIpc) is 3.70. The van der Waals surface area contributed by atoms with Crippen molar-refractivity contribution in [2.24, 2.45) is 0 Å². The number of benzene rings is 1. The normalized spacial score (nSPS) is 19.1. The molecule has 3 aliphatic heterocycles. The number of halogens is 3. The Balaban J connectivity index is 1.26. The second kappa shape index (κ2) is 11.7. The first kappa shape index (κ1) is 28.9. The fourth-order valence-electron chi connectivity index (χ4n) is 6.14. The van der Waals surface area contributed by atoms with Gasteiger partial charge in [0.15, 0.2) is 12.4 Å². The van der Waals surface area contributed by atoms with Crippen LogP contribution in [0.25, 0.3) is 0 Å². The van der Waals surface area contributed by atoms with Crippen LogP contribution in [-0.2, 0) is 22.3 Å². The number of aromatic nitrogens is 2. The SMILES string of the molecule is CC(=O)Nc1ccn(C(=O)N2CCC3(CCCN3Cc3ccc(C(F)(F)F)cc3OCC(=O)N3CCCC3)CC2)n1. The first-order chi connectivity index (χ1) is 19.5. The lowest BCUT2D eigenvalue weighted by Gasteiger charge is -2.45. The maximum atomic E-state index is 13.5. The third kappa shape index (κ3) is 6.50. The summed E-state index contributed by atoms with van der Waals surface area (Å²) in [6, 6.07) is 4.80. The van der Waals surface area contributed by atoms with Gasteiger partial charge in [0.05, 0.1) is 5.56 Å². The fourth-order valence-corrected chi connectivity index (χ4v) is 6.14. The van der Waals surface area contributed by atoms with Gasteiger partial charge in [0.1, 0.15) is 5.75 Å². The number of ether oxygens (including phenoxy) is 1. The predicted molar refractivity (Wildman–Crippen MR) is 143 cm³/mol. The van der Waals surface area contributed by atoms with Gasteiger partial charge in [-0.25, -0.2) is 4.79 Å². The number of anilines is 1. The number of alkyl halides is 3. The van der Waals surface area contributed by atoms with Crippen LogP contribution in [0.5, 0.6) is 5.75 Å². The van der Waals surface area contributed by atoms with Gasteiger partial charge in [0.2, 0.25) is 5.91 Å². The molecule has 1 N–H and O–H groups in total. The average molecular weight is 577 g/mol. The minimum atomic E-state index is -4.53. The molecule has 0 aliphatic carbocycles. The molecular formula is C28H35F3N6O4. The predicted octanol–water partition coefficient (Wildman–Crippen LogP) is 3.96. The quantitative estimate of drug-likeness (QED) is 0.559. The molecule has 1 aromatic carbocycles. The highest BCUT2D eigenvalue weighted by atomic mass is 19.4. The van der Waals surface area contributed by atoms with Crippen molar-refractivity contribution in [2.45, 2.75) is 63.7 Å². The van der Waals surface area contributed by atoms with Gasteiger partial charge < -0.3 is 19.9 Å². The van der Waals surface area contributed by atoms with Crippen LogP contribution in [0.4, 0.5) is 23.8 Å². The number of hydrogen-bond donors (Lipinski definition) is 1. The Morgan fingerprint density at radius 3 is 2.39 bits per heavy atom. The summed E-state index contributed by atoms with van der Waals surface area (Å²) in [6.45, 7) is 4.53. The Morgan fingerprint density at radius 1 is 0.976 bits per heavy atom. The van der Waals surface area contributed by atoms with Crippen LogP contribution in [-0.4, -0.2) is 87.2 Å². The Hall–Kier alpha value is -3.61. The van der Waals surface area contributed by atoms with Gasteiger partial charge in [0.25, 0.3) is 5.91 Å². The summed E-state index contributed by atoms with van der Waals surface area (Å²) in [7, 11) is 0. The van der Waals surface area contributed by atoms with Crippen LogP contribution in [0.15, 0.2) is 30.5 Å². The van der Waals surface area contributed by atoms with Crippen molar-refractivity contribution in [1.82, 2.24) is 24.5 Å². The topological polar surface area (TPSA) is 100 Å². The highest BCUT2D eigenvalue weighted by molar-refractivity contribution is 5.88. The van der Waals surface area contributed by atoms with Crippen LogP contribution in [0.3, 0.4) is 0 Å². The van der Waals surface area contributed by atoms with E-state index >= 15 is 0 Å². The van der Waals surface area contributed by atoms with Crippen LogP contribution in [0.1, 0.15) is 56.6 Å². The van der Waals surface area contributed by atoms with Gasteiger partial charge in [-0.3, -0.25) is 14.5 Å². The van der Waals surface area contributed by atoms with Crippen molar-refractivity contribution in [3.05, 3.63) is 41.6 Å². The van der Waals surface area contributed by atoms with Crippen LogP contribution in [0.2, 0.25) is 0 Å². The molecule has 0 saturated carbocycles. The molecular weight excluding hydrogens is 541 g/mol. The number of piperidine rings is 1. The lowest BCUT2D eigenvalue weighted by atomic mass is 9.84. The number of nitrogens with one attached hydrogen (secondary N) is 1. The zero-order valence-electron chi connectivity index (χ0n) is 23.1. The molecule has 13 heteroatoms. The van der Waals surface area contributed by atoms with E-state index in [2.05, 4.69) is 15.3 Å². The number of carbonyl (C=O) groups is 3. The molecule has 2 aromatic rings. The van der Waals surface area contributed by atoms with Gasteiger partial charge >= 0.3 is 12.2 Å². The fraction of sp³-hybridized carbons (Fsp3) is 0.571. The number of amides is 3. The van der Waals surface area contributed by atoms with E-state index in [4.69, 9.17) is 4.74 Å². The molecule has 41 heavy (non-hydrogen) atoms. The minimum Gasteiger partial charge on any atom is -0.483 e. The molecule has 10 nitrogen and oxygen atoms in total. The first-order valence-electron chi connectivity index (χ1n) is 14.0. The molecule has 3 fully saturated rings. The van der Waals surface area contributed by atoms with Crippen LogP contribution in [0, 0.1) is 0 Å². The zero-order valence-corrected chi connectivity index (χ0v) is 23.1. The molecule has 0 bridgehead atoms. The summed E-state index contributed by atoms with van der Waals surface area (Å²) in [5, 5.41) is 6.69. The number of nitrogens with zero attached hydrogens (tertiary/aromatic N) is 5. The van der Waals surface area contributed by atoms with E-state index in [1.165, 1.54) is 23.9 Å². The summed E-state index contributed by atoms with van der Waals surface area (Å²) in [5.41, 5.74) is -0.393.